The molecule has 1 unspecified atom stereocenters. The number of hydrogen-bond donors (Lipinski definition) is 0. The molecule has 0 bridgehead atoms. The van der Waals surface area contributed by atoms with Crippen LogP contribution in [0.2, 0.25) is 0 Å². The minimum absolute atomic E-state index is 0.615. The summed E-state index contributed by atoms with van der Waals surface area (Å²) in [6.07, 6.45) is 4.08. The Labute approximate surface area is 79.9 Å². The van der Waals surface area contributed by atoms with Crippen molar-refractivity contribution in [2.75, 3.05) is 32.7 Å². The third-order valence-corrected chi connectivity index (χ3v) is 3.22. The molecule has 0 N–H and O–H groups in total. The second-order valence-electron chi connectivity index (χ2n) is 4.08. The van der Waals surface area contributed by atoms with E-state index in [1.54, 1.807) is 0 Å². The van der Waals surface area contributed by atoms with E-state index in [2.05, 4.69) is 15.9 Å². The van der Waals surface area contributed by atoms with Gasteiger partial charge in [-0.15, -0.1) is 0 Å². The van der Waals surface area contributed by atoms with Gasteiger partial charge in [-0.3, -0.25) is 9.80 Å². The number of piperazine rings is 1. The summed E-state index contributed by atoms with van der Waals surface area (Å²) in [4.78, 5) is 4.88. The maximum atomic E-state index is 8.61. The first kappa shape index (κ1) is 8.98. The molecule has 2 heterocycles. The van der Waals surface area contributed by atoms with E-state index in [-0.39, 0.29) is 0 Å². The molecule has 0 aromatic rings. The van der Waals surface area contributed by atoms with Crippen molar-refractivity contribution in [2.24, 2.45) is 0 Å². The van der Waals surface area contributed by atoms with Crippen LogP contribution in [0.5, 0.6) is 0 Å². The van der Waals surface area contributed by atoms with Gasteiger partial charge in [0.25, 0.3) is 0 Å². The zero-order valence-corrected chi connectivity index (χ0v) is 8.08. The average Bonchev–Trinajstić information content (AvgIpc) is 2.18. The summed E-state index contributed by atoms with van der Waals surface area (Å²) in [6.45, 7) is 5.28. The van der Waals surface area contributed by atoms with Crippen LogP contribution in [0.1, 0.15) is 19.3 Å². The summed E-state index contributed by atoms with van der Waals surface area (Å²) in [7, 11) is 0. The van der Waals surface area contributed by atoms with Crippen LogP contribution in [-0.2, 0) is 0 Å². The first-order valence-corrected chi connectivity index (χ1v) is 5.23. The smallest absolute Gasteiger partial charge is 0.0866 e. The molecular formula is C10H17N3. The molecular weight excluding hydrogens is 162 g/mol. The van der Waals surface area contributed by atoms with Crippen LogP contribution >= 0.6 is 0 Å². The maximum Gasteiger partial charge on any atom is 0.0866 e. The lowest BCUT2D eigenvalue weighted by molar-refractivity contribution is 0.0560. The fraction of sp³-hybridized carbons (Fsp3) is 0.900. The predicted molar refractivity (Wildman–Crippen MR) is 51.3 cm³/mol. The fourth-order valence-corrected chi connectivity index (χ4v) is 2.46. The van der Waals surface area contributed by atoms with Crippen molar-refractivity contribution in [1.29, 1.82) is 5.26 Å². The third kappa shape index (κ3) is 2.01. The molecule has 2 saturated heterocycles. The number of nitriles is 1. The van der Waals surface area contributed by atoms with Crippen molar-refractivity contribution < 1.29 is 0 Å². The normalized spacial score (nSPS) is 30.8. The van der Waals surface area contributed by atoms with Crippen LogP contribution in [0, 0.1) is 11.3 Å². The van der Waals surface area contributed by atoms with E-state index < -0.39 is 0 Å². The molecule has 0 saturated carbocycles. The van der Waals surface area contributed by atoms with E-state index in [9.17, 15) is 0 Å². The van der Waals surface area contributed by atoms with Gasteiger partial charge in [0.2, 0.25) is 0 Å². The highest BCUT2D eigenvalue weighted by molar-refractivity contribution is 4.88. The molecule has 0 amide bonds. The summed E-state index contributed by atoms with van der Waals surface area (Å²) in [5.41, 5.74) is 0. The Morgan fingerprint density at radius 1 is 1.23 bits per heavy atom. The highest BCUT2D eigenvalue weighted by Gasteiger charge is 2.28. The van der Waals surface area contributed by atoms with Gasteiger partial charge in [0, 0.05) is 25.7 Å². The summed E-state index contributed by atoms with van der Waals surface area (Å²) in [5.74, 6) is 0. The molecule has 3 heteroatoms. The summed E-state index contributed by atoms with van der Waals surface area (Å²) >= 11 is 0. The molecule has 0 aromatic heterocycles. The standard InChI is InChI=1S/C10H17N3/c11-4-6-12-7-8-13-5-2-1-3-10(13)9-12/h10H,1-3,5-9H2. The van der Waals surface area contributed by atoms with Gasteiger partial charge in [-0.1, -0.05) is 6.42 Å². The lowest BCUT2D eigenvalue weighted by Crippen LogP contribution is -2.54. The Bertz CT molecular complexity index is 209. The van der Waals surface area contributed by atoms with Gasteiger partial charge in [0.1, 0.15) is 0 Å². The lowest BCUT2D eigenvalue weighted by atomic mass is 10.00. The van der Waals surface area contributed by atoms with Crippen LogP contribution in [-0.4, -0.2) is 48.6 Å². The van der Waals surface area contributed by atoms with Crippen LogP contribution in [0.25, 0.3) is 0 Å². The van der Waals surface area contributed by atoms with Gasteiger partial charge >= 0.3 is 0 Å². The van der Waals surface area contributed by atoms with E-state index in [1.165, 1.54) is 32.4 Å². The topological polar surface area (TPSA) is 30.3 Å². The lowest BCUT2D eigenvalue weighted by Gasteiger charge is -2.43. The van der Waals surface area contributed by atoms with Crippen molar-refractivity contribution in [2.45, 2.75) is 25.3 Å². The first-order chi connectivity index (χ1) is 6.40. The van der Waals surface area contributed by atoms with Gasteiger partial charge in [0.05, 0.1) is 12.6 Å². The Balaban J connectivity index is 1.88. The average molecular weight is 179 g/mol. The van der Waals surface area contributed by atoms with Crippen molar-refractivity contribution in [1.82, 2.24) is 9.80 Å². The molecule has 3 nitrogen and oxygen atoms in total. The number of piperidine rings is 1. The monoisotopic (exact) mass is 179 g/mol. The summed E-state index contributed by atoms with van der Waals surface area (Å²) in [6, 6.07) is 2.99. The predicted octanol–water partition coefficient (Wildman–Crippen LogP) is 0.680. The quantitative estimate of drug-likeness (QED) is 0.554. The van der Waals surface area contributed by atoms with Crippen LogP contribution in [0.3, 0.4) is 0 Å². The second-order valence-corrected chi connectivity index (χ2v) is 4.08. The van der Waals surface area contributed by atoms with E-state index in [0.717, 1.165) is 19.1 Å². The first-order valence-electron chi connectivity index (χ1n) is 5.23. The third-order valence-electron chi connectivity index (χ3n) is 3.22. The van der Waals surface area contributed by atoms with E-state index >= 15 is 0 Å². The van der Waals surface area contributed by atoms with Crippen molar-refractivity contribution in [3.05, 3.63) is 0 Å². The molecule has 2 rings (SSSR count). The molecule has 1 atom stereocenters. The molecule has 0 aromatic carbocycles. The molecule has 2 aliphatic heterocycles. The largest absolute Gasteiger partial charge is 0.298 e. The fourth-order valence-electron chi connectivity index (χ4n) is 2.46. The minimum atomic E-state index is 0.615. The number of rotatable bonds is 1. The molecule has 0 aliphatic carbocycles. The minimum Gasteiger partial charge on any atom is -0.298 e. The Hall–Kier alpha value is -0.590. The molecule has 72 valence electrons. The Morgan fingerprint density at radius 3 is 3.00 bits per heavy atom. The summed E-state index contributed by atoms with van der Waals surface area (Å²) in [5, 5.41) is 8.61. The molecule has 0 radical (unpaired) electrons. The number of nitrogens with zero attached hydrogens (tertiary/aromatic N) is 3. The zero-order chi connectivity index (χ0) is 9.10. The van der Waals surface area contributed by atoms with Crippen molar-refractivity contribution in [3.8, 4) is 6.07 Å². The number of hydrogen-bond acceptors (Lipinski definition) is 3. The van der Waals surface area contributed by atoms with Gasteiger partial charge in [0.15, 0.2) is 0 Å². The van der Waals surface area contributed by atoms with E-state index in [1.807, 2.05) is 0 Å². The second kappa shape index (κ2) is 4.08. The maximum absolute atomic E-state index is 8.61. The SMILES string of the molecule is N#CCN1CCN2CCCCC2C1. The van der Waals surface area contributed by atoms with Crippen molar-refractivity contribution in [3.63, 3.8) is 0 Å². The molecule has 2 fully saturated rings. The molecule has 13 heavy (non-hydrogen) atoms. The summed E-state index contributed by atoms with van der Waals surface area (Å²) < 4.78 is 0. The molecule has 2 aliphatic rings. The van der Waals surface area contributed by atoms with Gasteiger partial charge in [-0.05, 0) is 19.4 Å². The number of fused-ring (bicyclic) bond motifs is 1. The highest BCUT2D eigenvalue weighted by Crippen LogP contribution is 2.20. The Morgan fingerprint density at radius 2 is 2.15 bits per heavy atom. The molecule has 0 spiro atoms. The van der Waals surface area contributed by atoms with Gasteiger partial charge in [-0.25, -0.2) is 0 Å². The highest BCUT2D eigenvalue weighted by atomic mass is 15.3. The van der Waals surface area contributed by atoms with Crippen LogP contribution < -0.4 is 0 Å². The van der Waals surface area contributed by atoms with Gasteiger partial charge in [-0.2, -0.15) is 5.26 Å². The van der Waals surface area contributed by atoms with E-state index in [0.29, 0.717) is 6.54 Å². The zero-order valence-electron chi connectivity index (χ0n) is 8.08. The van der Waals surface area contributed by atoms with Gasteiger partial charge < -0.3 is 0 Å². The van der Waals surface area contributed by atoms with Crippen LogP contribution in [0.15, 0.2) is 0 Å². The van der Waals surface area contributed by atoms with E-state index in [4.69, 9.17) is 5.26 Å². The van der Waals surface area contributed by atoms with Crippen LogP contribution in [0.4, 0.5) is 0 Å². The Kier molecular flexibility index (Phi) is 2.82. The van der Waals surface area contributed by atoms with Crippen molar-refractivity contribution >= 4 is 0 Å².